The quantitative estimate of drug-likeness (QED) is 0.707. The Bertz CT molecular complexity index is 1140. The molecule has 148 valence electrons. The summed E-state index contributed by atoms with van der Waals surface area (Å²) >= 11 is 5.93. The molecule has 0 bridgehead atoms. The molecule has 3 aromatic rings. The average molecular weight is 407 g/mol. The van der Waals surface area contributed by atoms with E-state index >= 15 is 0 Å². The van der Waals surface area contributed by atoms with Gasteiger partial charge in [0.15, 0.2) is 0 Å². The summed E-state index contributed by atoms with van der Waals surface area (Å²) in [6, 6.07) is 9.26. The number of halogens is 2. The smallest absolute Gasteiger partial charge is 0.331 e. The van der Waals surface area contributed by atoms with Gasteiger partial charge in [0.1, 0.15) is 11.6 Å². The van der Waals surface area contributed by atoms with E-state index in [1.54, 1.807) is 24.3 Å². The first-order valence-corrected chi connectivity index (χ1v) is 8.96. The number of aliphatic hydroxyl groups is 1. The van der Waals surface area contributed by atoms with E-state index in [9.17, 15) is 19.1 Å². The largest absolute Gasteiger partial charge is 0.497 e. The normalized spacial score (nSPS) is 11.8. The van der Waals surface area contributed by atoms with Crippen molar-refractivity contribution in [3.05, 3.63) is 73.6 Å². The molecule has 0 fully saturated rings. The van der Waals surface area contributed by atoms with Gasteiger partial charge in [-0.15, -0.1) is 0 Å². The van der Waals surface area contributed by atoms with Gasteiger partial charge in [0.05, 0.1) is 36.7 Å². The van der Waals surface area contributed by atoms with Crippen LogP contribution in [0.4, 0.5) is 4.39 Å². The van der Waals surface area contributed by atoms with Crippen LogP contribution in [0, 0.1) is 5.82 Å². The van der Waals surface area contributed by atoms with E-state index in [0.717, 1.165) is 15.2 Å². The van der Waals surface area contributed by atoms with E-state index in [2.05, 4.69) is 0 Å². The molecule has 0 amide bonds. The minimum atomic E-state index is -1.30. The predicted octanol–water partition coefficient (Wildman–Crippen LogP) is 2.78. The molecule has 0 saturated carbocycles. The van der Waals surface area contributed by atoms with Crippen molar-refractivity contribution in [3.8, 4) is 5.75 Å². The minimum absolute atomic E-state index is 0.0163. The first-order chi connectivity index (χ1) is 13.1. The number of benzene rings is 2. The van der Waals surface area contributed by atoms with E-state index in [1.165, 1.54) is 27.0 Å². The van der Waals surface area contributed by atoms with E-state index in [1.807, 2.05) is 0 Å². The third-order valence-electron chi connectivity index (χ3n) is 4.28. The van der Waals surface area contributed by atoms with Crippen molar-refractivity contribution in [2.75, 3.05) is 7.11 Å². The van der Waals surface area contributed by atoms with Gasteiger partial charge < -0.3 is 9.84 Å². The lowest BCUT2D eigenvalue weighted by Crippen LogP contribution is -2.43. The van der Waals surface area contributed by atoms with Crippen molar-refractivity contribution >= 4 is 22.5 Å². The second-order valence-electron chi connectivity index (χ2n) is 7.20. The van der Waals surface area contributed by atoms with Crippen LogP contribution in [0.15, 0.2) is 46.0 Å². The van der Waals surface area contributed by atoms with Crippen molar-refractivity contribution in [2.45, 2.75) is 32.5 Å². The van der Waals surface area contributed by atoms with Crippen molar-refractivity contribution in [2.24, 2.45) is 0 Å². The van der Waals surface area contributed by atoms with E-state index in [0.29, 0.717) is 11.3 Å². The number of aromatic nitrogens is 2. The monoisotopic (exact) mass is 406 g/mol. The molecule has 0 radical (unpaired) electrons. The Morgan fingerprint density at radius 3 is 2.36 bits per heavy atom. The maximum atomic E-state index is 14.6. The molecule has 0 aliphatic rings. The number of rotatable bonds is 5. The van der Waals surface area contributed by atoms with Crippen molar-refractivity contribution < 1.29 is 14.2 Å². The summed E-state index contributed by atoms with van der Waals surface area (Å²) in [5, 5.41) is 10.2. The number of hydrogen-bond acceptors (Lipinski definition) is 4. The molecule has 1 heterocycles. The lowest BCUT2D eigenvalue weighted by molar-refractivity contribution is 0.0608. The number of fused-ring (bicyclic) bond motifs is 1. The van der Waals surface area contributed by atoms with Crippen LogP contribution in [0.3, 0.4) is 0 Å². The molecule has 0 atom stereocenters. The molecule has 1 aromatic heterocycles. The molecular weight excluding hydrogens is 387 g/mol. The van der Waals surface area contributed by atoms with E-state index in [4.69, 9.17) is 16.3 Å². The van der Waals surface area contributed by atoms with Gasteiger partial charge in [0, 0.05) is 5.02 Å². The van der Waals surface area contributed by atoms with Crippen LogP contribution in [-0.2, 0) is 13.1 Å². The third kappa shape index (κ3) is 3.95. The first-order valence-electron chi connectivity index (χ1n) is 8.58. The highest BCUT2D eigenvalue weighted by Crippen LogP contribution is 2.21. The summed E-state index contributed by atoms with van der Waals surface area (Å²) in [5.41, 5.74) is -2.14. The Morgan fingerprint density at radius 1 is 1.14 bits per heavy atom. The lowest BCUT2D eigenvalue weighted by atomic mass is 10.1. The van der Waals surface area contributed by atoms with Crippen LogP contribution in [0.5, 0.6) is 5.75 Å². The zero-order valence-corrected chi connectivity index (χ0v) is 16.5. The first kappa shape index (κ1) is 20.1. The molecule has 0 unspecified atom stereocenters. The van der Waals surface area contributed by atoms with Gasteiger partial charge in [-0.1, -0.05) is 23.7 Å². The van der Waals surface area contributed by atoms with Gasteiger partial charge in [0.25, 0.3) is 5.56 Å². The molecule has 0 aliphatic heterocycles. The van der Waals surface area contributed by atoms with Gasteiger partial charge >= 0.3 is 5.69 Å². The Balaban J connectivity index is 2.27. The van der Waals surface area contributed by atoms with Crippen LogP contribution in [-0.4, -0.2) is 27.0 Å². The summed E-state index contributed by atoms with van der Waals surface area (Å²) in [5.74, 6) is -0.152. The summed E-state index contributed by atoms with van der Waals surface area (Å²) in [6.07, 6.45) is 0. The highest BCUT2D eigenvalue weighted by molar-refractivity contribution is 6.31. The maximum absolute atomic E-state index is 14.6. The fourth-order valence-electron chi connectivity index (χ4n) is 3.06. The van der Waals surface area contributed by atoms with Crippen LogP contribution < -0.4 is 16.0 Å². The maximum Gasteiger partial charge on any atom is 0.331 e. The second-order valence-corrected chi connectivity index (χ2v) is 7.64. The molecule has 2 aromatic carbocycles. The Kier molecular flexibility index (Phi) is 5.32. The third-order valence-corrected chi connectivity index (χ3v) is 4.50. The highest BCUT2D eigenvalue weighted by Gasteiger charge is 2.22. The zero-order chi connectivity index (χ0) is 20.6. The summed E-state index contributed by atoms with van der Waals surface area (Å²) < 4.78 is 21.8. The van der Waals surface area contributed by atoms with Gasteiger partial charge in [0.2, 0.25) is 0 Å². The van der Waals surface area contributed by atoms with Crippen molar-refractivity contribution in [1.29, 1.82) is 0 Å². The Hall–Kier alpha value is -2.64. The van der Waals surface area contributed by atoms with Crippen molar-refractivity contribution in [1.82, 2.24) is 9.13 Å². The van der Waals surface area contributed by atoms with Gasteiger partial charge in [-0.2, -0.15) is 0 Å². The SMILES string of the molecule is COc1ccc(Cn2c(=O)c3cc(Cl)cc(F)c3n(CC(C)(C)O)c2=O)cc1. The summed E-state index contributed by atoms with van der Waals surface area (Å²) in [4.78, 5) is 26.0. The summed E-state index contributed by atoms with van der Waals surface area (Å²) in [7, 11) is 1.54. The van der Waals surface area contributed by atoms with Crippen molar-refractivity contribution in [3.63, 3.8) is 0 Å². The van der Waals surface area contributed by atoms with Gasteiger partial charge in [-0.3, -0.25) is 13.9 Å². The molecular formula is C20H20ClFN2O4. The topological polar surface area (TPSA) is 73.5 Å². The standard InChI is InChI=1S/C20H20ClFN2O4/c1-20(2,27)11-24-17-15(8-13(21)9-16(17)22)18(25)23(19(24)26)10-12-4-6-14(28-3)7-5-12/h4-9,27H,10-11H2,1-3H3. The molecule has 0 saturated heterocycles. The molecule has 28 heavy (non-hydrogen) atoms. The number of nitrogens with zero attached hydrogens (tertiary/aromatic N) is 2. The van der Waals surface area contributed by atoms with Crippen LogP contribution in [0.2, 0.25) is 5.02 Å². The van der Waals surface area contributed by atoms with Crippen LogP contribution in [0.1, 0.15) is 19.4 Å². The molecule has 8 heteroatoms. The van der Waals surface area contributed by atoms with Gasteiger partial charge in [-0.05, 0) is 43.7 Å². The Morgan fingerprint density at radius 2 is 1.79 bits per heavy atom. The zero-order valence-electron chi connectivity index (χ0n) is 15.7. The lowest BCUT2D eigenvalue weighted by Gasteiger charge is -2.22. The second kappa shape index (κ2) is 7.41. The fourth-order valence-corrected chi connectivity index (χ4v) is 3.27. The fraction of sp³-hybridized carbons (Fsp3) is 0.300. The number of hydrogen-bond donors (Lipinski definition) is 1. The van der Waals surface area contributed by atoms with Crippen LogP contribution >= 0.6 is 11.6 Å². The molecule has 6 nitrogen and oxygen atoms in total. The summed E-state index contributed by atoms with van der Waals surface area (Å²) in [6.45, 7) is 2.79. The Labute approximate surface area is 165 Å². The molecule has 1 N–H and O–H groups in total. The predicted molar refractivity (Wildman–Crippen MR) is 106 cm³/mol. The number of ether oxygens (including phenoxy) is 1. The van der Waals surface area contributed by atoms with E-state index < -0.39 is 22.7 Å². The minimum Gasteiger partial charge on any atom is -0.497 e. The molecule has 3 rings (SSSR count). The van der Waals surface area contributed by atoms with Crippen LogP contribution in [0.25, 0.3) is 10.9 Å². The molecule has 0 spiro atoms. The van der Waals surface area contributed by atoms with E-state index in [-0.39, 0.29) is 29.0 Å². The highest BCUT2D eigenvalue weighted by atomic mass is 35.5. The molecule has 0 aliphatic carbocycles. The average Bonchev–Trinajstić information content (AvgIpc) is 2.61. The van der Waals surface area contributed by atoms with Gasteiger partial charge in [-0.25, -0.2) is 9.18 Å². The number of methoxy groups -OCH3 is 1.